The minimum atomic E-state index is -3.54. The van der Waals surface area contributed by atoms with E-state index in [0.717, 1.165) is 23.6 Å². The molecule has 0 bridgehead atoms. The van der Waals surface area contributed by atoms with Gasteiger partial charge in [-0.25, -0.2) is 17.5 Å². The van der Waals surface area contributed by atoms with E-state index in [1.807, 2.05) is 34.8 Å². The molecule has 1 aromatic heterocycles. The number of hydrogen-bond acceptors (Lipinski definition) is 5. The van der Waals surface area contributed by atoms with Gasteiger partial charge < -0.3 is 14.2 Å². The van der Waals surface area contributed by atoms with E-state index in [0.29, 0.717) is 18.7 Å². The lowest BCUT2D eigenvalue weighted by Gasteiger charge is -2.35. The van der Waals surface area contributed by atoms with Crippen LogP contribution in [0.2, 0.25) is 0 Å². The highest BCUT2D eigenvalue weighted by molar-refractivity contribution is 7.89. The molecule has 2 aromatic rings. The molecule has 0 spiro atoms. The molecule has 1 saturated heterocycles. The van der Waals surface area contributed by atoms with Crippen molar-refractivity contribution in [3.05, 3.63) is 53.9 Å². The molecule has 0 N–H and O–H groups in total. The summed E-state index contributed by atoms with van der Waals surface area (Å²) in [6, 6.07) is 9.38. The van der Waals surface area contributed by atoms with Crippen LogP contribution in [0.15, 0.2) is 47.5 Å². The van der Waals surface area contributed by atoms with E-state index in [4.69, 9.17) is 4.74 Å². The first-order valence-corrected chi connectivity index (χ1v) is 11.8. The molecule has 1 unspecified atom stereocenters. The second-order valence-electron chi connectivity index (χ2n) is 7.89. The number of aryl methyl sites for hydroxylation is 1. The lowest BCUT2D eigenvalue weighted by atomic mass is 9.99. The molecule has 3 rings (SSSR count). The SMILES string of the molecule is CN(C)S(=O)(=O)c1ccc(C(=O)OCCC2CCCCN2C(=O)c2cccn2C)cc1. The molecule has 1 aliphatic rings. The molecular formula is C22H29N3O5S. The molecule has 0 saturated carbocycles. The van der Waals surface area contributed by atoms with Gasteiger partial charge in [-0.05, 0) is 55.7 Å². The first kappa shape index (κ1) is 23.0. The van der Waals surface area contributed by atoms with Crippen LogP contribution in [-0.4, -0.2) is 67.4 Å². The average molecular weight is 448 g/mol. The van der Waals surface area contributed by atoms with Crippen LogP contribution in [0.4, 0.5) is 0 Å². The third-order valence-corrected chi connectivity index (χ3v) is 7.43. The fourth-order valence-corrected chi connectivity index (χ4v) is 4.64. The maximum absolute atomic E-state index is 12.9. The number of aromatic nitrogens is 1. The Morgan fingerprint density at radius 3 is 2.45 bits per heavy atom. The Balaban J connectivity index is 1.58. The largest absolute Gasteiger partial charge is 0.462 e. The Labute approximate surface area is 183 Å². The molecule has 0 aliphatic carbocycles. The van der Waals surface area contributed by atoms with Crippen LogP contribution in [0, 0.1) is 0 Å². The maximum atomic E-state index is 12.9. The predicted octanol–water partition coefficient (Wildman–Crippen LogP) is 2.52. The van der Waals surface area contributed by atoms with E-state index >= 15 is 0 Å². The van der Waals surface area contributed by atoms with Crippen LogP contribution < -0.4 is 0 Å². The molecule has 8 nitrogen and oxygen atoms in total. The van der Waals surface area contributed by atoms with Gasteiger partial charge in [0.15, 0.2) is 0 Å². The number of amides is 1. The van der Waals surface area contributed by atoms with Gasteiger partial charge in [-0.3, -0.25) is 4.79 Å². The second kappa shape index (κ2) is 9.65. The first-order chi connectivity index (χ1) is 14.7. The van der Waals surface area contributed by atoms with Gasteiger partial charge in [0.2, 0.25) is 10.0 Å². The van der Waals surface area contributed by atoms with Crippen LogP contribution in [-0.2, 0) is 21.8 Å². The van der Waals surface area contributed by atoms with E-state index < -0.39 is 16.0 Å². The van der Waals surface area contributed by atoms with Gasteiger partial charge in [0, 0.05) is 46.3 Å². The molecule has 2 heterocycles. The van der Waals surface area contributed by atoms with E-state index in [1.54, 1.807) is 0 Å². The molecule has 168 valence electrons. The summed E-state index contributed by atoms with van der Waals surface area (Å²) in [7, 11) is 1.21. The number of nitrogens with zero attached hydrogens (tertiary/aromatic N) is 3. The lowest BCUT2D eigenvalue weighted by molar-refractivity contribution is 0.0406. The number of hydrogen-bond donors (Lipinski definition) is 0. The number of rotatable bonds is 7. The fraction of sp³-hybridized carbons (Fsp3) is 0.455. The summed E-state index contributed by atoms with van der Waals surface area (Å²) in [5, 5.41) is 0. The Hall–Kier alpha value is -2.65. The molecule has 1 aliphatic heterocycles. The molecule has 31 heavy (non-hydrogen) atoms. The Bertz CT molecular complexity index is 1030. The highest BCUT2D eigenvalue weighted by Gasteiger charge is 2.28. The fourth-order valence-electron chi connectivity index (χ4n) is 3.74. The number of ether oxygens (including phenoxy) is 1. The molecular weight excluding hydrogens is 418 g/mol. The van der Waals surface area contributed by atoms with Crippen molar-refractivity contribution in [2.24, 2.45) is 7.05 Å². The van der Waals surface area contributed by atoms with Crippen LogP contribution in [0.25, 0.3) is 0 Å². The predicted molar refractivity (Wildman–Crippen MR) is 116 cm³/mol. The quantitative estimate of drug-likeness (QED) is 0.609. The lowest BCUT2D eigenvalue weighted by Crippen LogP contribution is -2.44. The minimum absolute atomic E-state index is 0.00113. The van der Waals surface area contributed by atoms with Crippen molar-refractivity contribution >= 4 is 21.9 Å². The zero-order valence-corrected chi connectivity index (χ0v) is 19.0. The average Bonchev–Trinajstić information content (AvgIpc) is 3.19. The topological polar surface area (TPSA) is 88.9 Å². The summed E-state index contributed by atoms with van der Waals surface area (Å²) >= 11 is 0. The summed E-state index contributed by atoms with van der Waals surface area (Å²) < 4.78 is 32.6. The Morgan fingerprint density at radius 1 is 1.13 bits per heavy atom. The normalized spacial score (nSPS) is 17.0. The van der Waals surface area contributed by atoms with E-state index in [1.165, 1.54) is 38.4 Å². The Morgan fingerprint density at radius 2 is 1.84 bits per heavy atom. The van der Waals surface area contributed by atoms with Crippen LogP contribution >= 0.6 is 0 Å². The molecule has 1 amide bonds. The number of benzene rings is 1. The minimum Gasteiger partial charge on any atom is -0.462 e. The van der Waals surface area contributed by atoms with Gasteiger partial charge in [-0.15, -0.1) is 0 Å². The van der Waals surface area contributed by atoms with Gasteiger partial charge in [-0.1, -0.05) is 0 Å². The third-order valence-electron chi connectivity index (χ3n) is 5.60. The Kier molecular flexibility index (Phi) is 7.17. The highest BCUT2D eigenvalue weighted by Crippen LogP contribution is 2.22. The summed E-state index contributed by atoms with van der Waals surface area (Å²) in [6.07, 6.45) is 5.30. The summed E-state index contributed by atoms with van der Waals surface area (Å²) in [5.41, 5.74) is 0.940. The number of piperidine rings is 1. The number of carbonyl (C=O) groups is 2. The molecule has 1 aromatic carbocycles. The summed E-state index contributed by atoms with van der Waals surface area (Å²) in [4.78, 5) is 27.3. The van der Waals surface area contributed by atoms with E-state index in [9.17, 15) is 18.0 Å². The monoisotopic (exact) mass is 447 g/mol. The zero-order chi connectivity index (χ0) is 22.6. The van der Waals surface area contributed by atoms with Crippen molar-refractivity contribution in [3.8, 4) is 0 Å². The van der Waals surface area contributed by atoms with Crippen molar-refractivity contribution in [3.63, 3.8) is 0 Å². The van der Waals surface area contributed by atoms with Gasteiger partial charge in [0.05, 0.1) is 17.1 Å². The molecule has 0 radical (unpaired) electrons. The summed E-state index contributed by atoms with van der Waals surface area (Å²) in [5.74, 6) is -0.508. The van der Waals surface area contributed by atoms with E-state index in [-0.39, 0.29) is 29.0 Å². The first-order valence-electron chi connectivity index (χ1n) is 10.3. The van der Waals surface area contributed by atoms with Crippen molar-refractivity contribution < 1.29 is 22.7 Å². The van der Waals surface area contributed by atoms with Crippen LogP contribution in [0.1, 0.15) is 46.5 Å². The maximum Gasteiger partial charge on any atom is 0.338 e. The molecule has 1 atom stereocenters. The number of likely N-dealkylation sites (tertiary alicyclic amines) is 1. The smallest absolute Gasteiger partial charge is 0.338 e. The number of carbonyl (C=O) groups excluding carboxylic acids is 2. The standard InChI is InChI=1S/C22H29N3O5S/c1-23(2)31(28,29)19-11-9-17(10-12-19)22(27)30-16-13-18-7-4-5-15-25(18)21(26)20-8-6-14-24(20)3/h6,8-12,14,18H,4-5,7,13,15-16H2,1-3H3. The van der Waals surface area contributed by atoms with Gasteiger partial charge in [0.1, 0.15) is 5.69 Å². The highest BCUT2D eigenvalue weighted by atomic mass is 32.2. The van der Waals surface area contributed by atoms with Crippen molar-refractivity contribution in [2.75, 3.05) is 27.2 Å². The van der Waals surface area contributed by atoms with Gasteiger partial charge in [0.25, 0.3) is 5.91 Å². The number of sulfonamides is 1. The van der Waals surface area contributed by atoms with Crippen molar-refractivity contribution in [1.29, 1.82) is 0 Å². The van der Waals surface area contributed by atoms with Crippen LogP contribution in [0.5, 0.6) is 0 Å². The zero-order valence-electron chi connectivity index (χ0n) is 18.2. The third kappa shape index (κ3) is 5.16. The van der Waals surface area contributed by atoms with Gasteiger partial charge >= 0.3 is 5.97 Å². The number of esters is 1. The second-order valence-corrected chi connectivity index (χ2v) is 10.0. The summed E-state index contributed by atoms with van der Waals surface area (Å²) in [6.45, 7) is 0.891. The molecule has 9 heteroatoms. The van der Waals surface area contributed by atoms with Gasteiger partial charge in [-0.2, -0.15) is 0 Å². The van der Waals surface area contributed by atoms with Crippen molar-refractivity contribution in [2.45, 2.75) is 36.6 Å². The van der Waals surface area contributed by atoms with Crippen LogP contribution in [0.3, 0.4) is 0 Å². The van der Waals surface area contributed by atoms with E-state index in [2.05, 4.69) is 0 Å². The molecule has 1 fully saturated rings. The van der Waals surface area contributed by atoms with Crippen molar-refractivity contribution in [1.82, 2.24) is 13.8 Å².